The van der Waals surface area contributed by atoms with E-state index < -0.39 is 0 Å². The average Bonchev–Trinajstić information content (AvgIpc) is 2.89. The van der Waals surface area contributed by atoms with Gasteiger partial charge < -0.3 is 10.0 Å². The second-order valence-corrected chi connectivity index (χ2v) is 5.53. The summed E-state index contributed by atoms with van der Waals surface area (Å²) in [6.07, 6.45) is 5.58. The third-order valence-corrected chi connectivity index (χ3v) is 4.08. The van der Waals surface area contributed by atoms with Gasteiger partial charge in [0, 0.05) is 38.0 Å². The van der Waals surface area contributed by atoms with E-state index in [1.807, 2.05) is 44.3 Å². The monoisotopic (exact) mass is 313 g/mol. The minimum absolute atomic E-state index is 0.0304. The van der Waals surface area contributed by atoms with E-state index >= 15 is 0 Å². The van der Waals surface area contributed by atoms with Gasteiger partial charge in [0.15, 0.2) is 0 Å². The summed E-state index contributed by atoms with van der Waals surface area (Å²) in [5, 5.41) is 13.5. The van der Waals surface area contributed by atoms with Crippen molar-refractivity contribution in [2.24, 2.45) is 7.05 Å². The Morgan fingerprint density at radius 1 is 1.39 bits per heavy atom. The SMILES string of the molecule is Cc1c(/C=C/C(=O)N(C)C(CCO)c2ccccc2)cnn1C. The molecular weight excluding hydrogens is 290 g/mol. The maximum Gasteiger partial charge on any atom is 0.246 e. The van der Waals surface area contributed by atoms with Crippen LogP contribution in [0.2, 0.25) is 0 Å². The molecule has 1 atom stereocenters. The van der Waals surface area contributed by atoms with E-state index in [4.69, 9.17) is 0 Å². The zero-order valence-electron chi connectivity index (χ0n) is 13.8. The molecule has 5 nitrogen and oxygen atoms in total. The molecule has 1 aromatic heterocycles. The highest BCUT2D eigenvalue weighted by Crippen LogP contribution is 2.23. The number of aryl methyl sites for hydroxylation is 1. The lowest BCUT2D eigenvalue weighted by Gasteiger charge is -2.27. The van der Waals surface area contributed by atoms with Gasteiger partial charge in [-0.1, -0.05) is 30.3 Å². The third-order valence-electron chi connectivity index (χ3n) is 4.08. The van der Waals surface area contributed by atoms with Gasteiger partial charge in [-0.15, -0.1) is 0 Å². The Bertz CT molecular complexity index is 677. The van der Waals surface area contributed by atoms with Crippen molar-refractivity contribution in [3.63, 3.8) is 0 Å². The van der Waals surface area contributed by atoms with E-state index in [0.717, 1.165) is 16.8 Å². The van der Waals surface area contributed by atoms with Crippen LogP contribution in [0.15, 0.2) is 42.6 Å². The van der Waals surface area contributed by atoms with Crippen molar-refractivity contribution in [1.82, 2.24) is 14.7 Å². The summed E-state index contributed by atoms with van der Waals surface area (Å²) in [5.74, 6) is -0.101. The topological polar surface area (TPSA) is 58.4 Å². The van der Waals surface area contributed by atoms with E-state index in [2.05, 4.69) is 5.10 Å². The fourth-order valence-electron chi connectivity index (χ4n) is 2.49. The van der Waals surface area contributed by atoms with Gasteiger partial charge in [0.25, 0.3) is 0 Å². The second kappa shape index (κ2) is 7.74. The smallest absolute Gasteiger partial charge is 0.246 e. The summed E-state index contributed by atoms with van der Waals surface area (Å²) < 4.78 is 1.77. The zero-order valence-corrected chi connectivity index (χ0v) is 13.8. The van der Waals surface area contributed by atoms with E-state index in [1.165, 1.54) is 0 Å². The molecule has 0 radical (unpaired) electrons. The number of carbonyl (C=O) groups is 1. The van der Waals surface area contributed by atoms with Crippen molar-refractivity contribution in [3.8, 4) is 0 Å². The second-order valence-electron chi connectivity index (χ2n) is 5.53. The van der Waals surface area contributed by atoms with E-state index in [1.54, 1.807) is 35.0 Å². The van der Waals surface area contributed by atoms with Crippen LogP contribution in [0.25, 0.3) is 6.08 Å². The number of benzene rings is 1. The number of hydrogen-bond acceptors (Lipinski definition) is 3. The van der Waals surface area contributed by atoms with Crippen LogP contribution >= 0.6 is 0 Å². The first-order valence-electron chi connectivity index (χ1n) is 7.64. The van der Waals surface area contributed by atoms with Gasteiger partial charge in [-0.25, -0.2) is 0 Å². The highest BCUT2D eigenvalue weighted by atomic mass is 16.3. The Balaban J connectivity index is 2.14. The first-order chi connectivity index (χ1) is 11.0. The van der Waals surface area contributed by atoms with Gasteiger partial charge in [-0.05, 0) is 25.0 Å². The molecule has 1 N–H and O–H groups in total. The standard InChI is InChI=1S/C18H23N3O2/c1-14-16(13-19-21(14)3)9-10-18(23)20(2)17(11-12-22)15-7-5-4-6-8-15/h4-10,13,17,22H,11-12H2,1-3H3/b10-9+. The molecular formula is C18H23N3O2. The number of amides is 1. The van der Waals surface area contributed by atoms with Gasteiger partial charge in [-0.3, -0.25) is 9.48 Å². The van der Waals surface area contributed by atoms with Crippen molar-refractivity contribution >= 4 is 12.0 Å². The average molecular weight is 313 g/mol. The Morgan fingerprint density at radius 2 is 2.09 bits per heavy atom. The molecule has 5 heteroatoms. The molecule has 0 aliphatic carbocycles. The number of nitrogens with zero attached hydrogens (tertiary/aromatic N) is 3. The van der Waals surface area contributed by atoms with Crippen molar-refractivity contribution in [2.75, 3.05) is 13.7 Å². The molecule has 0 fully saturated rings. The third kappa shape index (κ3) is 4.07. The van der Waals surface area contributed by atoms with Gasteiger partial charge in [0.05, 0.1) is 12.2 Å². The first-order valence-corrected chi connectivity index (χ1v) is 7.64. The molecule has 0 spiro atoms. The van der Waals surface area contributed by atoms with E-state index in [9.17, 15) is 9.90 Å². The summed E-state index contributed by atoms with van der Waals surface area (Å²) >= 11 is 0. The largest absolute Gasteiger partial charge is 0.396 e. The number of aliphatic hydroxyl groups is 1. The molecule has 1 unspecified atom stereocenters. The molecule has 122 valence electrons. The van der Waals surface area contributed by atoms with Crippen LogP contribution < -0.4 is 0 Å². The van der Waals surface area contributed by atoms with Crippen molar-refractivity contribution in [1.29, 1.82) is 0 Å². The summed E-state index contributed by atoms with van der Waals surface area (Å²) in [7, 11) is 3.63. The first kappa shape index (κ1) is 17.0. The van der Waals surface area contributed by atoms with Crippen LogP contribution in [0.3, 0.4) is 0 Å². The summed E-state index contributed by atoms with van der Waals surface area (Å²) in [5.41, 5.74) is 2.95. The number of aromatic nitrogens is 2. The predicted molar refractivity (Wildman–Crippen MR) is 90.6 cm³/mol. The highest BCUT2D eigenvalue weighted by Gasteiger charge is 2.19. The Hall–Kier alpha value is -2.40. The Morgan fingerprint density at radius 3 is 2.65 bits per heavy atom. The van der Waals surface area contributed by atoms with Crippen LogP contribution in [0, 0.1) is 6.92 Å². The predicted octanol–water partition coefficient (Wildman–Crippen LogP) is 2.32. The molecule has 1 heterocycles. The van der Waals surface area contributed by atoms with Crippen molar-refractivity contribution < 1.29 is 9.90 Å². The highest BCUT2D eigenvalue weighted by molar-refractivity contribution is 5.92. The summed E-state index contributed by atoms with van der Waals surface area (Å²) in [6.45, 7) is 1.99. The minimum Gasteiger partial charge on any atom is -0.396 e. The normalized spacial score (nSPS) is 12.5. The van der Waals surface area contributed by atoms with E-state index in [0.29, 0.717) is 6.42 Å². The van der Waals surface area contributed by atoms with Crippen LogP contribution in [0.4, 0.5) is 0 Å². The molecule has 0 saturated heterocycles. The molecule has 0 saturated carbocycles. The quantitative estimate of drug-likeness (QED) is 0.833. The maximum atomic E-state index is 12.5. The van der Waals surface area contributed by atoms with Crippen LogP contribution in [-0.2, 0) is 11.8 Å². The zero-order chi connectivity index (χ0) is 16.8. The number of rotatable bonds is 6. The van der Waals surface area contributed by atoms with Crippen LogP contribution in [0.5, 0.6) is 0 Å². The van der Waals surface area contributed by atoms with Gasteiger partial charge in [0.1, 0.15) is 0 Å². The Labute approximate surface area is 136 Å². The van der Waals surface area contributed by atoms with Gasteiger partial charge in [0.2, 0.25) is 5.91 Å². The molecule has 0 aliphatic heterocycles. The van der Waals surface area contributed by atoms with Gasteiger partial charge >= 0.3 is 0 Å². The lowest BCUT2D eigenvalue weighted by molar-refractivity contribution is -0.127. The van der Waals surface area contributed by atoms with Gasteiger partial charge in [-0.2, -0.15) is 5.10 Å². The number of hydrogen-bond donors (Lipinski definition) is 1. The fraction of sp³-hybridized carbons (Fsp3) is 0.333. The molecule has 0 bridgehead atoms. The Kier molecular flexibility index (Phi) is 5.71. The van der Waals surface area contributed by atoms with Crippen molar-refractivity contribution in [3.05, 3.63) is 59.4 Å². The van der Waals surface area contributed by atoms with Crippen LogP contribution in [0.1, 0.15) is 29.3 Å². The molecule has 2 aromatic rings. The van der Waals surface area contributed by atoms with Crippen LogP contribution in [-0.4, -0.2) is 39.3 Å². The number of carbonyl (C=O) groups excluding carboxylic acids is 1. The molecule has 23 heavy (non-hydrogen) atoms. The summed E-state index contributed by atoms with van der Waals surface area (Å²) in [4.78, 5) is 14.1. The summed E-state index contributed by atoms with van der Waals surface area (Å²) in [6, 6.07) is 9.61. The molecule has 2 rings (SSSR count). The van der Waals surface area contributed by atoms with Crippen molar-refractivity contribution in [2.45, 2.75) is 19.4 Å². The molecule has 1 amide bonds. The number of aliphatic hydroxyl groups excluding tert-OH is 1. The molecule has 0 aliphatic rings. The van der Waals surface area contributed by atoms with E-state index in [-0.39, 0.29) is 18.6 Å². The number of likely N-dealkylation sites (N-methyl/N-ethyl adjacent to an activating group) is 1. The lowest BCUT2D eigenvalue weighted by atomic mass is 10.0. The maximum absolute atomic E-state index is 12.5. The molecule has 1 aromatic carbocycles. The lowest BCUT2D eigenvalue weighted by Crippen LogP contribution is -2.30. The minimum atomic E-state index is -0.145. The fourth-order valence-corrected chi connectivity index (χ4v) is 2.49.